The van der Waals surface area contributed by atoms with Gasteiger partial charge in [0, 0.05) is 6.04 Å². The van der Waals surface area contributed by atoms with Crippen LogP contribution in [0.1, 0.15) is 19.3 Å². The maximum atomic E-state index is 10.4. The molecule has 1 unspecified atom stereocenters. The van der Waals surface area contributed by atoms with Gasteiger partial charge in [-0.2, -0.15) is 0 Å². The van der Waals surface area contributed by atoms with E-state index < -0.39 is 0 Å². The van der Waals surface area contributed by atoms with Gasteiger partial charge in [-0.15, -0.1) is 0 Å². The quantitative estimate of drug-likeness (QED) is 0.570. The molecule has 1 aliphatic rings. The summed E-state index contributed by atoms with van der Waals surface area (Å²) >= 11 is 0. The van der Waals surface area contributed by atoms with Crippen molar-refractivity contribution in [2.45, 2.75) is 25.3 Å². The number of carbonyl (C=O) groups excluding carboxylic acids is 1. The van der Waals surface area contributed by atoms with Crippen molar-refractivity contribution >= 4 is 5.91 Å². The lowest BCUT2D eigenvalue weighted by atomic mass is 10.1. The fourth-order valence-corrected chi connectivity index (χ4v) is 1.82. The first-order valence-corrected chi connectivity index (χ1v) is 4.89. The number of amides is 1. The van der Waals surface area contributed by atoms with E-state index in [0.29, 0.717) is 12.6 Å². The van der Waals surface area contributed by atoms with Crippen molar-refractivity contribution < 1.29 is 4.79 Å². The predicted molar refractivity (Wildman–Crippen MR) is 52.3 cm³/mol. The minimum atomic E-state index is -0.278. The third-order valence-electron chi connectivity index (χ3n) is 2.63. The molecule has 1 saturated heterocycles. The smallest absolute Gasteiger partial charge is 0.231 e. The molecule has 0 bridgehead atoms. The van der Waals surface area contributed by atoms with Crippen LogP contribution in [-0.4, -0.2) is 43.5 Å². The zero-order valence-corrected chi connectivity index (χ0v) is 8.25. The molecule has 0 aromatic rings. The highest BCUT2D eigenvalue weighted by Gasteiger charge is 2.19. The second-order valence-electron chi connectivity index (χ2n) is 3.71. The lowest BCUT2D eigenvalue weighted by molar-refractivity contribution is -0.117. The summed E-state index contributed by atoms with van der Waals surface area (Å²) in [6.45, 7) is 2.40. The molecular formula is C9H19N3O. The molecule has 1 amide bonds. The maximum Gasteiger partial charge on any atom is 0.231 e. The molecule has 0 spiro atoms. The van der Waals surface area contributed by atoms with Crippen molar-refractivity contribution in [3.63, 3.8) is 0 Å². The Morgan fingerprint density at radius 1 is 1.69 bits per heavy atom. The monoisotopic (exact) mass is 185 g/mol. The summed E-state index contributed by atoms with van der Waals surface area (Å²) in [4.78, 5) is 12.8. The summed E-state index contributed by atoms with van der Waals surface area (Å²) in [5.41, 5.74) is 5.00. The van der Waals surface area contributed by atoms with Gasteiger partial charge in [0.1, 0.15) is 0 Å². The van der Waals surface area contributed by atoms with Crippen LogP contribution in [0.25, 0.3) is 0 Å². The molecule has 0 saturated carbocycles. The molecule has 1 fully saturated rings. The number of primary amides is 1. The van der Waals surface area contributed by atoms with Gasteiger partial charge in [-0.05, 0) is 39.4 Å². The van der Waals surface area contributed by atoms with Gasteiger partial charge >= 0.3 is 0 Å². The van der Waals surface area contributed by atoms with Gasteiger partial charge in [-0.3, -0.25) is 4.79 Å². The summed E-state index contributed by atoms with van der Waals surface area (Å²) in [6, 6.07) is 0.695. The molecule has 4 heteroatoms. The molecule has 0 radical (unpaired) electrons. The summed E-state index contributed by atoms with van der Waals surface area (Å²) in [6.07, 6.45) is 3.70. The highest BCUT2D eigenvalue weighted by atomic mass is 16.1. The molecule has 0 aliphatic carbocycles. The zero-order valence-electron chi connectivity index (χ0n) is 8.25. The SMILES string of the molecule is CN1CCCC1CCNCC(N)=O. The highest BCUT2D eigenvalue weighted by molar-refractivity contribution is 5.75. The first kappa shape index (κ1) is 10.5. The van der Waals surface area contributed by atoms with Crippen LogP contribution in [0.2, 0.25) is 0 Å². The van der Waals surface area contributed by atoms with E-state index >= 15 is 0 Å². The highest BCUT2D eigenvalue weighted by Crippen LogP contribution is 2.16. The number of hydrogen-bond acceptors (Lipinski definition) is 3. The van der Waals surface area contributed by atoms with E-state index in [9.17, 15) is 4.79 Å². The van der Waals surface area contributed by atoms with Crippen LogP contribution in [0.5, 0.6) is 0 Å². The molecule has 0 aromatic carbocycles. The summed E-state index contributed by atoms with van der Waals surface area (Å²) in [5, 5.41) is 3.03. The van der Waals surface area contributed by atoms with Gasteiger partial charge in [0.25, 0.3) is 0 Å². The Bertz CT molecular complexity index is 172. The van der Waals surface area contributed by atoms with Crippen molar-refractivity contribution in [2.75, 3.05) is 26.7 Å². The summed E-state index contributed by atoms with van der Waals surface area (Å²) in [5.74, 6) is -0.278. The normalized spacial score (nSPS) is 23.6. The van der Waals surface area contributed by atoms with E-state index in [2.05, 4.69) is 17.3 Å². The number of nitrogens with zero attached hydrogens (tertiary/aromatic N) is 1. The van der Waals surface area contributed by atoms with Crippen LogP contribution in [0.15, 0.2) is 0 Å². The minimum Gasteiger partial charge on any atom is -0.369 e. The molecule has 1 rings (SSSR count). The van der Waals surface area contributed by atoms with Crippen LogP contribution in [-0.2, 0) is 4.79 Å². The topological polar surface area (TPSA) is 58.4 Å². The molecule has 1 aliphatic heterocycles. The molecule has 4 nitrogen and oxygen atoms in total. The van der Waals surface area contributed by atoms with Gasteiger partial charge in [0.15, 0.2) is 0 Å². The number of carbonyl (C=O) groups is 1. The number of likely N-dealkylation sites (tertiary alicyclic amines) is 1. The standard InChI is InChI=1S/C9H19N3O/c1-12-6-2-3-8(12)4-5-11-7-9(10)13/h8,11H,2-7H2,1H3,(H2,10,13). The van der Waals surface area contributed by atoms with Gasteiger partial charge in [0.05, 0.1) is 6.54 Å². The van der Waals surface area contributed by atoms with Gasteiger partial charge < -0.3 is 16.0 Å². The van der Waals surface area contributed by atoms with Crippen LogP contribution >= 0.6 is 0 Å². The molecular weight excluding hydrogens is 166 g/mol. The number of nitrogens with two attached hydrogens (primary N) is 1. The first-order chi connectivity index (χ1) is 6.20. The lowest BCUT2D eigenvalue weighted by Gasteiger charge is -2.18. The van der Waals surface area contributed by atoms with Gasteiger partial charge in [-0.1, -0.05) is 0 Å². The molecule has 1 atom stereocenters. The largest absolute Gasteiger partial charge is 0.369 e. The zero-order chi connectivity index (χ0) is 9.68. The summed E-state index contributed by atoms with van der Waals surface area (Å²) in [7, 11) is 2.16. The Morgan fingerprint density at radius 3 is 3.00 bits per heavy atom. The maximum absolute atomic E-state index is 10.4. The van der Waals surface area contributed by atoms with Crippen molar-refractivity contribution in [3.8, 4) is 0 Å². The third kappa shape index (κ3) is 3.74. The van der Waals surface area contributed by atoms with E-state index in [-0.39, 0.29) is 5.91 Å². The van der Waals surface area contributed by atoms with Crippen LogP contribution < -0.4 is 11.1 Å². The van der Waals surface area contributed by atoms with Gasteiger partial charge in [-0.25, -0.2) is 0 Å². The van der Waals surface area contributed by atoms with E-state index in [0.717, 1.165) is 13.0 Å². The minimum absolute atomic E-state index is 0.278. The third-order valence-corrected chi connectivity index (χ3v) is 2.63. The Kier molecular flexibility index (Phi) is 4.18. The number of nitrogens with one attached hydrogen (secondary N) is 1. The first-order valence-electron chi connectivity index (χ1n) is 4.89. The Labute approximate surface area is 79.5 Å². The number of rotatable bonds is 5. The van der Waals surface area contributed by atoms with E-state index in [4.69, 9.17) is 5.73 Å². The summed E-state index contributed by atoms with van der Waals surface area (Å²) < 4.78 is 0. The number of hydrogen-bond donors (Lipinski definition) is 2. The molecule has 13 heavy (non-hydrogen) atoms. The fraction of sp³-hybridized carbons (Fsp3) is 0.889. The fourth-order valence-electron chi connectivity index (χ4n) is 1.82. The Balaban J connectivity index is 2.02. The van der Waals surface area contributed by atoms with Crippen molar-refractivity contribution in [1.82, 2.24) is 10.2 Å². The molecule has 76 valence electrons. The van der Waals surface area contributed by atoms with Crippen LogP contribution in [0.3, 0.4) is 0 Å². The Hall–Kier alpha value is -0.610. The average Bonchev–Trinajstić information content (AvgIpc) is 2.45. The van der Waals surface area contributed by atoms with Crippen molar-refractivity contribution in [2.24, 2.45) is 5.73 Å². The van der Waals surface area contributed by atoms with E-state index in [1.165, 1.54) is 19.4 Å². The predicted octanol–water partition coefficient (Wildman–Crippen LogP) is -0.454. The van der Waals surface area contributed by atoms with E-state index in [1.807, 2.05) is 0 Å². The molecule has 3 N–H and O–H groups in total. The molecule has 0 aromatic heterocycles. The lowest BCUT2D eigenvalue weighted by Crippen LogP contribution is -2.33. The van der Waals surface area contributed by atoms with Crippen molar-refractivity contribution in [3.05, 3.63) is 0 Å². The average molecular weight is 185 g/mol. The van der Waals surface area contributed by atoms with Crippen molar-refractivity contribution in [1.29, 1.82) is 0 Å². The second kappa shape index (κ2) is 5.19. The molecule has 1 heterocycles. The second-order valence-corrected chi connectivity index (χ2v) is 3.71. The van der Waals surface area contributed by atoms with Crippen LogP contribution in [0, 0.1) is 0 Å². The van der Waals surface area contributed by atoms with Crippen LogP contribution in [0.4, 0.5) is 0 Å². The Morgan fingerprint density at radius 2 is 2.46 bits per heavy atom. The van der Waals surface area contributed by atoms with E-state index in [1.54, 1.807) is 0 Å². The van der Waals surface area contributed by atoms with Gasteiger partial charge in [0.2, 0.25) is 5.91 Å².